The summed E-state index contributed by atoms with van der Waals surface area (Å²) in [6.07, 6.45) is 1.90. The number of aromatic nitrogens is 4. The van der Waals surface area contributed by atoms with Crippen LogP contribution in [0.25, 0.3) is 105 Å². The molecule has 0 aliphatic heterocycles. The molecule has 332 valence electrons. The van der Waals surface area contributed by atoms with Crippen molar-refractivity contribution in [2.45, 2.75) is 52.4 Å². The number of hydrogen-bond donors (Lipinski definition) is 1. The van der Waals surface area contributed by atoms with Crippen LogP contribution in [0.3, 0.4) is 0 Å². The summed E-state index contributed by atoms with van der Waals surface area (Å²) < 4.78 is 4.45. The molecule has 6 heteroatoms. The van der Waals surface area contributed by atoms with Gasteiger partial charge in [0.15, 0.2) is 0 Å². The van der Waals surface area contributed by atoms with E-state index in [4.69, 9.17) is 9.97 Å². The van der Waals surface area contributed by atoms with E-state index in [1.165, 1.54) is 38.2 Å². The fourth-order valence-electron chi connectivity index (χ4n) is 9.90. The number of imidazole rings is 1. The topological polar surface area (TPSA) is 55.9 Å². The second kappa shape index (κ2) is 16.7. The Labute approximate surface area is 406 Å². The van der Waals surface area contributed by atoms with Crippen LogP contribution in [-0.4, -0.2) is 24.2 Å². The Hall–Kier alpha value is -7.07. The molecule has 0 spiro atoms. The molecule has 11 aromatic rings. The van der Waals surface area contributed by atoms with Gasteiger partial charge in [-0.15, -0.1) is 29.8 Å². The molecular formula is C61H51N4OPt-. The van der Waals surface area contributed by atoms with E-state index in [1.54, 1.807) is 0 Å². The van der Waals surface area contributed by atoms with Gasteiger partial charge in [-0.2, -0.15) is 0 Å². The van der Waals surface area contributed by atoms with Gasteiger partial charge in [0.05, 0.1) is 27.6 Å². The smallest absolute Gasteiger partial charge is 0.143 e. The first-order valence-electron chi connectivity index (χ1n) is 22.8. The molecule has 0 atom stereocenters. The number of phenols is 1. The number of para-hydroxylation sites is 4. The van der Waals surface area contributed by atoms with Crippen molar-refractivity contribution in [3.8, 4) is 67.5 Å². The molecule has 5 nitrogen and oxygen atoms in total. The van der Waals surface area contributed by atoms with Crippen LogP contribution >= 0.6 is 0 Å². The van der Waals surface area contributed by atoms with E-state index < -0.39 is 0 Å². The van der Waals surface area contributed by atoms with Crippen molar-refractivity contribution in [3.05, 3.63) is 193 Å². The predicted molar refractivity (Wildman–Crippen MR) is 275 cm³/mol. The van der Waals surface area contributed by atoms with E-state index in [0.29, 0.717) is 11.4 Å². The largest absolute Gasteiger partial charge is 0.507 e. The fraction of sp³-hybridized carbons (Fsp3) is 0.148. The first-order chi connectivity index (χ1) is 31.8. The van der Waals surface area contributed by atoms with Gasteiger partial charge in [0.1, 0.15) is 11.6 Å². The third-order valence-corrected chi connectivity index (χ3v) is 13.3. The number of pyridine rings is 1. The minimum Gasteiger partial charge on any atom is -0.507 e. The summed E-state index contributed by atoms with van der Waals surface area (Å²) in [4.78, 5) is 10.2. The van der Waals surface area contributed by atoms with Gasteiger partial charge in [-0.3, -0.25) is 4.98 Å². The zero-order valence-electron chi connectivity index (χ0n) is 38.8. The van der Waals surface area contributed by atoms with Crippen molar-refractivity contribution in [2.24, 2.45) is 7.05 Å². The molecule has 0 aliphatic carbocycles. The van der Waals surface area contributed by atoms with Crippen LogP contribution in [0.2, 0.25) is 0 Å². The Morgan fingerprint density at radius 2 is 1.27 bits per heavy atom. The Morgan fingerprint density at radius 3 is 2.06 bits per heavy atom. The SMILES string of the molecule is Cn1c(-c2ccc(-c3c(C(C)(C)C)ccc4cc(C(C)(C)C)ccc34)cc2O)nc2c(-c3[c-]c(-c4cc(-c5cccc6c7ccccc7n(-c7ccccc7)c56)ccn4)ccc3)cccc21.[Pt]. The first-order valence-corrected chi connectivity index (χ1v) is 22.8. The molecule has 0 unspecified atom stereocenters. The summed E-state index contributed by atoms with van der Waals surface area (Å²) in [6.45, 7) is 13.5. The maximum atomic E-state index is 11.9. The average molecular weight is 1050 g/mol. The summed E-state index contributed by atoms with van der Waals surface area (Å²) in [5.41, 5.74) is 16.4. The number of hydrogen-bond acceptors (Lipinski definition) is 3. The fourth-order valence-corrected chi connectivity index (χ4v) is 9.90. The van der Waals surface area contributed by atoms with Gasteiger partial charge < -0.3 is 14.2 Å². The minimum absolute atomic E-state index is 0. The molecule has 67 heavy (non-hydrogen) atoms. The van der Waals surface area contributed by atoms with Gasteiger partial charge in [0.25, 0.3) is 0 Å². The summed E-state index contributed by atoms with van der Waals surface area (Å²) in [5.74, 6) is 0.882. The Balaban J connectivity index is 0.00000525. The van der Waals surface area contributed by atoms with Crippen LogP contribution in [0.1, 0.15) is 52.7 Å². The molecule has 3 aromatic heterocycles. The molecule has 0 amide bonds. The second-order valence-electron chi connectivity index (χ2n) is 19.6. The van der Waals surface area contributed by atoms with Gasteiger partial charge in [-0.1, -0.05) is 162 Å². The summed E-state index contributed by atoms with van der Waals surface area (Å²) in [7, 11) is 2.02. The monoisotopic (exact) mass is 1050 g/mol. The zero-order chi connectivity index (χ0) is 45.5. The van der Waals surface area contributed by atoms with Crippen molar-refractivity contribution in [3.63, 3.8) is 0 Å². The van der Waals surface area contributed by atoms with E-state index in [9.17, 15) is 5.11 Å². The van der Waals surface area contributed by atoms with Crippen LogP contribution in [0.15, 0.2) is 176 Å². The molecule has 0 saturated heterocycles. The molecule has 0 radical (unpaired) electrons. The molecule has 3 heterocycles. The molecule has 0 fully saturated rings. The van der Waals surface area contributed by atoms with E-state index in [1.807, 2.05) is 25.4 Å². The van der Waals surface area contributed by atoms with Crippen molar-refractivity contribution in [1.29, 1.82) is 0 Å². The van der Waals surface area contributed by atoms with Crippen LogP contribution in [0, 0.1) is 6.07 Å². The van der Waals surface area contributed by atoms with Gasteiger partial charge in [-0.05, 0) is 91.9 Å². The molecule has 0 saturated carbocycles. The van der Waals surface area contributed by atoms with E-state index >= 15 is 0 Å². The quantitative estimate of drug-likeness (QED) is 0.169. The zero-order valence-corrected chi connectivity index (χ0v) is 41.1. The maximum Gasteiger partial charge on any atom is 0.143 e. The standard InChI is InChI=1S/C61H51N4O.Pt/c1-60(2,3)43-28-30-45-39(35-43)27-31-51(61(4,5)6)56(45)42-26-29-50(55(66)37-42)59-63-57-46(21-15-25-54(57)64(59)7)38-16-13-17-41(34-38)52-36-40(32-33-62-52)47-22-14-23-49-48-20-11-12-24-53(48)65(58(47)49)44-18-9-8-10-19-44;/h8-33,35-37,66H,1-7H3;/q-1;. The Kier molecular flexibility index (Phi) is 10.9. The maximum absolute atomic E-state index is 11.9. The average Bonchev–Trinajstić information content (AvgIpc) is 3.85. The van der Waals surface area contributed by atoms with Crippen LogP contribution in [0.5, 0.6) is 5.75 Å². The molecule has 1 N–H and O–H groups in total. The van der Waals surface area contributed by atoms with Crippen molar-refractivity contribution in [2.75, 3.05) is 0 Å². The second-order valence-corrected chi connectivity index (χ2v) is 19.6. The molecule has 0 bridgehead atoms. The van der Waals surface area contributed by atoms with E-state index in [-0.39, 0.29) is 37.6 Å². The first kappa shape index (κ1) is 43.8. The van der Waals surface area contributed by atoms with Crippen molar-refractivity contribution in [1.82, 2.24) is 19.1 Å². The third-order valence-electron chi connectivity index (χ3n) is 13.3. The Morgan fingerprint density at radius 1 is 0.552 bits per heavy atom. The number of benzene rings is 8. The van der Waals surface area contributed by atoms with Gasteiger partial charge in [0, 0.05) is 62.0 Å². The Bertz CT molecular complexity index is 3700. The number of phenolic OH excluding ortho intramolecular Hbond substituents is 1. The van der Waals surface area contributed by atoms with Crippen molar-refractivity contribution < 1.29 is 26.2 Å². The van der Waals surface area contributed by atoms with Crippen LogP contribution in [-0.2, 0) is 38.9 Å². The number of rotatable bonds is 6. The summed E-state index contributed by atoms with van der Waals surface area (Å²) >= 11 is 0. The molecule has 0 aliphatic rings. The summed E-state index contributed by atoms with van der Waals surface area (Å²) in [5, 5.41) is 16.7. The van der Waals surface area contributed by atoms with Gasteiger partial charge >= 0.3 is 0 Å². The number of fused-ring (bicyclic) bond motifs is 5. The third kappa shape index (κ3) is 7.56. The van der Waals surface area contributed by atoms with Gasteiger partial charge in [-0.25, -0.2) is 4.98 Å². The number of aryl methyl sites for hydroxylation is 1. The molecular weight excluding hydrogens is 1000 g/mol. The van der Waals surface area contributed by atoms with E-state index in [0.717, 1.165) is 66.9 Å². The minimum atomic E-state index is -0.110. The van der Waals surface area contributed by atoms with E-state index in [2.05, 4.69) is 214 Å². The number of nitrogens with zero attached hydrogens (tertiary/aromatic N) is 4. The predicted octanol–water partition coefficient (Wildman–Crippen LogP) is 15.7. The summed E-state index contributed by atoms with van der Waals surface area (Å²) in [6, 6.07) is 63.7. The molecule has 8 aromatic carbocycles. The molecule has 11 rings (SSSR count). The normalized spacial score (nSPS) is 12.0. The van der Waals surface area contributed by atoms with Crippen LogP contribution < -0.4 is 0 Å². The van der Waals surface area contributed by atoms with Crippen molar-refractivity contribution >= 4 is 43.6 Å². The van der Waals surface area contributed by atoms with Crippen LogP contribution in [0.4, 0.5) is 0 Å². The number of aromatic hydroxyl groups is 1. The van der Waals surface area contributed by atoms with Gasteiger partial charge in [0.2, 0.25) is 0 Å².